The van der Waals surface area contributed by atoms with Crippen molar-refractivity contribution in [1.29, 1.82) is 0 Å². The average Bonchev–Trinajstić information content (AvgIpc) is 2.66. The minimum absolute atomic E-state index is 0.120. The van der Waals surface area contributed by atoms with Gasteiger partial charge in [0.05, 0.1) is 11.5 Å². The summed E-state index contributed by atoms with van der Waals surface area (Å²) >= 11 is 1.26. The van der Waals surface area contributed by atoms with Crippen LogP contribution in [-0.2, 0) is 9.53 Å². The number of hydrogen-bond acceptors (Lipinski definition) is 6. The van der Waals surface area contributed by atoms with Crippen molar-refractivity contribution in [2.75, 3.05) is 6.61 Å². The van der Waals surface area contributed by atoms with E-state index in [-0.39, 0.29) is 6.61 Å². The van der Waals surface area contributed by atoms with Gasteiger partial charge in [-0.15, -0.1) is 16.2 Å². The van der Waals surface area contributed by atoms with Gasteiger partial charge in [0.1, 0.15) is 0 Å². The van der Waals surface area contributed by atoms with Crippen LogP contribution in [0, 0.1) is 11.8 Å². The van der Waals surface area contributed by atoms with Gasteiger partial charge < -0.3 is 9.84 Å². The molecule has 1 heterocycles. The quantitative estimate of drug-likeness (QED) is 0.380. The molecule has 86 valence electrons. The molecular formula is C10H11NO4S. The summed E-state index contributed by atoms with van der Waals surface area (Å²) in [5.74, 6) is -1.35. The Labute approximate surface area is 96.3 Å². The highest BCUT2D eigenvalue weighted by molar-refractivity contribution is 7.13. The predicted octanol–water partition coefficient (Wildman–Crippen LogP) is 2.61. The number of carbonyl (C=O) groups is 1. The molecule has 0 spiro atoms. The second-order valence-corrected chi connectivity index (χ2v) is 4.21. The number of nitrogens with zero attached hydrogens (tertiary/aromatic N) is 1. The van der Waals surface area contributed by atoms with Gasteiger partial charge in [-0.25, -0.2) is 4.79 Å². The Bertz CT molecular complexity index is 436. The third-order valence-corrected chi connectivity index (χ3v) is 2.77. The number of ether oxygens (including phenoxy) is 1. The van der Waals surface area contributed by atoms with Crippen molar-refractivity contribution in [3.8, 4) is 0 Å². The normalized spacial score (nSPS) is 11.9. The fourth-order valence-electron chi connectivity index (χ4n) is 1.06. The maximum atomic E-state index is 11.3. The lowest BCUT2D eigenvalue weighted by molar-refractivity contribution is -0.138. The summed E-state index contributed by atoms with van der Waals surface area (Å²) in [6, 6.07) is 3.38. The van der Waals surface area contributed by atoms with E-state index in [2.05, 4.69) is 9.91 Å². The SMILES string of the molecule is CCOC(=O)C(N=O)=C(O)c1ccc(C)s1. The van der Waals surface area contributed by atoms with E-state index in [0.717, 1.165) is 4.88 Å². The van der Waals surface area contributed by atoms with Crippen molar-refractivity contribution >= 4 is 23.1 Å². The number of aliphatic hydroxyl groups is 1. The molecule has 0 saturated carbocycles. The third-order valence-electron chi connectivity index (χ3n) is 1.76. The summed E-state index contributed by atoms with van der Waals surface area (Å²) < 4.78 is 4.60. The maximum Gasteiger partial charge on any atom is 0.364 e. The molecule has 0 saturated heterocycles. The standard InChI is InChI=1S/C10H11NO4S/c1-3-15-10(13)8(11-14)9(12)7-5-4-6(2)16-7/h4-5,12H,3H2,1-2H3. The van der Waals surface area contributed by atoms with E-state index < -0.39 is 17.4 Å². The van der Waals surface area contributed by atoms with Crippen LogP contribution in [0.3, 0.4) is 0 Å². The summed E-state index contributed by atoms with van der Waals surface area (Å²) in [6.45, 7) is 3.57. The summed E-state index contributed by atoms with van der Waals surface area (Å²) in [7, 11) is 0. The van der Waals surface area contributed by atoms with Crippen LogP contribution in [0.2, 0.25) is 0 Å². The number of aliphatic hydroxyl groups excluding tert-OH is 1. The Balaban J connectivity index is 3.08. The van der Waals surface area contributed by atoms with E-state index in [0.29, 0.717) is 4.88 Å². The molecule has 0 bridgehead atoms. The van der Waals surface area contributed by atoms with Gasteiger partial charge in [-0.1, -0.05) is 0 Å². The van der Waals surface area contributed by atoms with Crippen molar-refractivity contribution in [1.82, 2.24) is 0 Å². The number of carbonyl (C=O) groups excluding carboxylic acids is 1. The molecule has 0 aliphatic carbocycles. The second kappa shape index (κ2) is 5.41. The zero-order valence-electron chi connectivity index (χ0n) is 8.89. The summed E-state index contributed by atoms with van der Waals surface area (Å²) in [5, 5.41) is 12.2. The van der Waals surface area contributed by atoms with Gasteiger partial charge in [-0.2, -0.15) is 0 Å². The topological polar surface area (TPSA) is 76.0 Å². The van der Waals surface area contributed by atoms with E-state index in [9.17, 15) is 14.8 Å². The minimum atomic E-state index is -0.916. The fourth-order valence-corrected chi connectivity index (χ4v) is 1.87. The average molecular weight is 241 g/mol. The molecule has 0 fully saturated rings. The van der Waals surface area contributed by atoms with Crippen LogP contribution in [0.15, 0.2) is 23.0 Å². The number of hydrogen-bond donors (Lipinski definition) is 1. The van der Waals surface area contributed by atoms with Crippen molar-refractivity contribution in [3.63, 3.8) is 0 Å². The Kier molecular flexibility index (Phi) is 4.19. The molecule has 0 radical (unpaired) electrons. The molecule has 1 aromatic rings. The fraction of sp³-hybridized carbons (Fsp3) is 0.300. The molecule has 1 aromatic heterocycles. The number of thiophene rings is 1. The molecule has 6 heteroatoms. The number of esters is 1. The van der Waals surface area contributed by atoms with E-state index in [1.54, 1.807) is 19.1 Å². The van der Waals surface area contributed by atoms with E-state index in [1.165, 1.54) is 11.3 Å². The van der Waals surface area contributed by atoms with Crippen molar-refractivity contribution in [3.05, 3.63) is 32.5 Å². The molecule has 5 nitrogen and oxygen atoms in total. The summed E-state index contributed by atoms with van der Waals surface area (Å²) in [5.41, 5.74) is -0.594. The zero-order chi connectivity index (χ0) is 12.1. The lowest BCUT2D eigenvalue weighted by Crippen LogP contribution is -2.07. The van der Waals surface area contributed by atoms with Crippen LogP contribution in [0.4, 0.5) is 0 Å². The van der Waals surface area contributed by atoms with Crippen molar-refractivity contribution in [2.45, 2.75) is 13.8 Å². The highest BCUT2D eigenvalue weighted by Gasteiger charge is 2.19. The van der Waals surface area contributed by atoms with E-state index in [4.69, 9.17) is 0 Å². The van der Waals surface area contributed by atoms with Gasteiger partial charge in [0.15, 0.2) is 5.76 Å². The van der Waals surface area contributed by atoms with Crippen LogP contribution in [0.5, 0.6) is 0 Å². The zero-order valence-corrected chi connectivity index (χ0v) is 9.71. The van der Waals surface area contributed by atoms with Gasteiger partial charge in [0.2, 0.25) is 5.70 Å². The second-order valence-electron chi connectivity index (χ2n) is 2.92. The molecular weight excluding hydrogens is 230 g/mol. The Morgan fingerprint density at radius 2 is 2.25 bits per heavy atom. The molecule has 0 aliphatic rings. The van der Waals surface area contributed by atoms with Crippen LogP contribution in [0.25, 0.3) is 5.76 Å². The lowest BCUT2D eigenvalue weighted by atomic mass is 10.3. The number of nitroso groups, excluding NO2 is 1. The molecule has 0 atom stereocenters. The molecule has 0 aromatic carbocycles. The molecule has 0 aliphatic heterocycles. The Morgan fingerprint density at radius 1 is 1.56 bits per heavy atom. The van der Waals surface area contributed by atoms with Crippen LogP contribution >= 0.6 is 11.3 Å². The Hall–Kier alpha value is -1.69. The van der Waals surface area contributed by atoms with Gasteiger partial charge in [-0.05, 0) is 31.2 Å². The maximum absolute atomic E-state index is 11.3. The van der Waals surface area contributed by atoms with E-state index >= 15 is 0 Å². The van der Waals surface area contributed by atoms with Gasteiger partial charge in [0.25, 0.3) is 0 Å². The summed E-state index contributed by atoms with van der Waals surface area (Å²) in [4.78, 5) is 23.1. The van der Waals surface area contributed by atoms with Crippen LogP contribution < -0.4 is 0 Å². The molecule has 1 rings (SSSR count). The smallest absolute Gasteiger partial charge is 0.364 e. The lowest BCUT2D eigenvalue weighted by Gasteiger charge is -2.01. The monoisotopic (exact) mass is 241 g/mol. The van der Waals surface area contributed by atoms with Crippen molar-refractivity contribution < 1.29 is 14.6 Å². The molecule has 1 N–H and O–H groups in total. The van der Waals surface area contributed by atoms with Gasteiger partial charge >= 0.3 is 5.97 Å². The summed E-state index contributed by atoms with van der Waals surface area (Å²) in [6.07, 6.45) is 0. The number of aryl methyl sites for hydroxylation is 1. The highest BCUT2D eigenvalue weighted by Crippen LogP contribution is 2.25. The first kappa shape index (κ1) is 12.4. The minimum Gasteiger partial charge on any atom is -0.504 e. The largest absolute Gasteiger partial charge is 0.504 e. The van der Waals surface area contributed by atoms with Gasteiger partial charge in [0, 0.05) is 4.88 Å². The Morgan fingerprint density at radius 3 is 2.69 bits per heavy atom. The first-order valence-corrected chi connectivity index (χ1v) is 5.42. The first-order chi connectivity index (χ1) is 7.60. The van der Waals surface area contributed by atoms with E-state index in [1.807, 2.05) is 6.92 Å². The van der Waals surface area contributed by atoms with Crippen LogP contribution in [-0.4, -0.2) is 17.7 Å². The van der Waals surface area contributed by atoms with Crippen molar-refractivity contribution in [2.24, 2.45) is 5.18 Å². The molecule has 0 amide bonds. The predicted molar refractivity (Wildman–Crippen MR) is 61.0 cm³/mol. The third kappa shape index (κ3) is 2.66. The molecule has 0 unspecified atom stereocenters. The first-order valence-electron chi connectivity index (χ1n) is 4.60. The van der Waals surface area contributed by atoms with Crippen LogP contribution in [0.1, 0.15) is 16.7 Å². The van der Waals surface area contributed by atoms with Gasteiger partial charge in [-0.3, -0.25) is 0 Å². The number of rotatable bonds is 4. The molecule has 16 heavy (non-hydrogen) atoms. The highest BCUT2D eigenvalue weighted by atomic mass is 32.1.